The summed E-state index contributed by atoms with van der Waals surface area (Å²) in [4.78, 5) is 120. The Kier molecular flexibility index (Phi) is 24.2. The molecule has 0 radical (unpaired) electrons. The van der Waals surface area contributed by atoms with E-state index in [2.05, 4.69) is 26.6 Å². The number of amides is 5. The van der Waals surface area contributed by atoms with E-state index in [9.17, 15) is 43.2 Å². The summed E-state index contributed by atoms with van der Waals surface area (Å²) in [7, 11) is 0. The van der Waals surface area contributed by atoms with Crippen molar-refractivity contribution in [2.45, 2.75) is 258 Å². The van der Waals surface area contributed by atoms with Gasteiger partial charge in [0.2, 0.25) is 0 Å². The molecule has 2 saturated heterocycles. The zero-order valence-electron chi connectivity index (χ0n) is 48.2. The first-order chi connectivity index (χ1) is 35.9. The minimum Gasteiger partial charge on any atom is -0.457 e. The third-order valence-electron chi connectivity index (χ3n) is 11.3. The molecular formula is C51H86N6O21. The van der Waals surface area contributed by atoms with Crippen molar-refractivity contribution >= 4 is 54.2 Å². The quantitative estimate of drug-likeness (QED) is 0.0844. The zero-order valence-corrected chi connectivity index (χ0v) is 48.2. The molecular weight excluding hydrogens is 1030 g/mol. The average Bonchev–Trinajstić information content (AvgIpc) is 3.24. The lowest BCUT2D eigenvalue weighted by atomic mass is 9.82. The van der Waals surface area contributed by atoms with Crippen molar-refractivity contribution in [3.05, 3.63) is 0 Å². The number of esters is 4. The van der Waals surface area contributed by atoms with Gasteiger partial charge < -0.3 is 89.2 Å². The van der Waals surface area contributed by atoms with Crippen LogP contribution in [0.5, 0.6) is 0 Å². The molecule has 0 aromatic rings. The molecule has 3 rings (SSSR count). The second kappa shape index (κ2) is 28.4. The Morgan fingerprint density at radius 1 is 0.526 bits per heavy atom. The largest absolute Gasteiger partial charge is 0.457 e. The van der Waals surface area contributed by atoms with Gasteiger partial charge in [0.05, 0.1) is 30.3 Å². The summed E-state index contributed by atoms with van der Waals surface area (Å²) in [6, 6.07) is -5.22. The summed E-state index contributed by atoms with van der Waals surface area (Å²) in [6.45, 7) is 25.4. The first-order valence-electron chi connectivity index (χ1n) is 26.1. The third kappa shape index (κ3) is 22.9. The first kappa shape index (κ1) is 66.5. The van der Waals surface area contributed by atoms with Crippen LogP contribution in [0.1, 0.15) is 150 Å². The Balaban J connectivity index is 2.38. The van der Waals surface area contributed by atoms with Gasteiger partial charge in [0.1, 0.15) is 40.7 Å². The fraction of sp³-hybridized carbons (Fsp3) is 0.824. The maximum absolute atomic E-state index is 14.7. The fourth-order valence-corrected chi connectivity index (χ4v) is 8.62. The predicted octanol–water partition coefficient (Wildman–Crippen LogP) is 3.57. The highest BCUT2D eigenvalue weighted by molar-refractivity contribution is 5.84. The van der Waals surface area contributed by atoms with Gasteiger partial charge in [0, 0.05) is 47.2 Å². The van der Waals surface area contributed by atoms with E-state index in [0.29, 0.717) is 6.42 Å². The van der Waals surface area contributed by atoms with Gasteiger partial charge in [-0.3, -0.25) is 24.0 Å². The molecule has 0 spiro atoms. The number of ether oxygens (including phenoxy) is 12. The molecule has 5 amide bonds. The zero-order chi connectivity index (χ0) is 59.2. The van der Waals surface area contributed by atoms with E-state index < -0.39 is 169 Å². The van der Waals surface area contributed by atoms with Crippen LogP contribution in [0.2, 0.25) is 0 Å². The van der Waals surface area contributed by atoms with E-state index in [1.807, 2.05) is 0 Å². The predicted molar refractivity (Wildman–Crippen MR) is 273 cm³/mol. The molecule has 0 bridgehead atoms. The molecule has 7 N–H and O–H groups in total. The van der Waals surface area contributed by atoms with E-state index in [4.69, 9.17) is 62.6 Å². The fourth-order valence-electron chi connectivity index (χ4n) is 8.62. The van der Waals surface area contributed by atoms with Crippen molar-refractivity contribution in [1.82, 2.24) is 26.6 Å². The van der Waals surface area contributed by atoms with Gasteiger partial charge in [-0.05, 0) is 109 Å². The summed E-state index contributed by atoms with van der Waals surface area (Å²) in [5.41, 5.74) is 2.20. The monoisotopic (exact) mass is 1120 g/mol. The molecule has 3 fully saturated rings. The van der Waals surface area contributed by atoms with Gasteiger partial charge in [-0.25, -0.2) is 19.2 Å². The summed E-state index contributed by atoms with van der Waals surface area (Å²) in [6.07, 6.45) is -18.4. The van der Waals surface area contributed by atoms with E-state index in [1.54, 1.807) is 90.0 Å². The molecule has 0 aromatic heterocycles. The summed E-state index contributed by atoms with van der Waals surface area (Å²) in [5, 5.41) is 13.5. The number of alkyl carbamates (subject to hydrolysis) is 4. The number of nitrogens with two attached hydrogens (primary N) is 1. The first-order valence-corrected chi connectivity index (χ1v) is 26.1. The standard InChI is InChI=1S/C51H86N6O21/c1-18-33-38(68-26(3)59)35(57-47(66)78-51(15,16)17)39(69-27(4)60)43(72-33)74-36-31(54-41(62)34(67-25(2)58)21-22-53-44(63)75-48(6,7)8)23-32(56-46(65)77-50(12,13)14)37(40(36)70-28(5)61)73-42-30(20-19-29(24-52)71-42)55-45(64)76-49(9,10)11/h29-40,42-43H,18-24,52H2,1-17H3,(H,53,63)(H,54,62)(H,55,64)(H,56,65)(H,57,66)/t29?,30?,31-,32-,33?,34+,35+,36+,37?,38+,39?,40?,42-,43-/m1/s1. The van der Waals surface area contributed by atoms with Crippen LogP contribution in [0.15, 0.2) is 0 Å². The number of hydrogen-bond donors (Lipinski definition) is 6. The Labute approximate surface area is 456 Å². The van der Waals surface area contributed by atoms with Crippen LogP contribution >= 0.6 is 0 Å². The Morgan fingerprint density at radius 2 is 0.974 bits per heavy atom. The summed E-state index contributed by atoms with van der Waals surface area (Å²) < 4.78 is 71.7. The van der Waals surface area contributed by atoms with Gasteiger partial charge >= 0.3 is 48.3 Å². The summed E-state index contributed by atoms with van der Waals surface area (Å²) >= 11 is 0. The normalized spacial score (nSPS) is 27.9. The van der Waals surface area contributed by atoms with Gasteiger partial charge in [0.15, 0.2) is 37.0 Å². The van der Waals surface area contributed by atoms with Crippen molar-refractivity contribution in [3.63, 3.8) is 0 Å². The smallest absolute Gasteiger partial charge is 0.408 e. The van der Waals surface area contributed by atoms with Crippen molar-refractivity contribution in [2.24, 2.45) is 5.73 Å². The van der Waals surface area contributed by atoms with E-state index >= 15 is 0 Å². The minimum absolute atomic E-state index is 0.00919. The number of nitrogens with one attached hydrogen (secondary N) is 5. The topological polar surface area (TPSA) is 351 Å². The highest BCUT2D eigenvalue weighted by Crippen LogP contribution is 2.37. The Morgan fingerprint density at radius 3 is 1.45 bits per heavy atom. The molecule has 27 nitrogen and oxygen atoms in total. The van der Waals surface area contributed by atoms with E-state index in [0.717, 1.165) is 27.7 Å². The van der Waals surface area contributed by atoms with Crippen LogP contribution < -0.4 is 32.3 Å². The average molecular weight is 1120 g/mol. The highest BCUT2D eigenvalue weighted by atomic mass is 16.7. The van der Waals surface area contributed by atoms with Crippen LogP contribution in [0.3, 0.4) is 0 Å². The number of carbonyl (C=O) groups excluding carboxylic acids is 9. The number of carbonyl (C=O) groups is 9. The lowest BCUT2D eigenvalue weighted by Crippen LogP contribution is -2.71. The van der Waals surface area contributed by atoms with Crippen LogP contribution in [0.25, 0.3) is 0 Å². The molecule has 2 heterocycles. The van der Waals surface area contributed by atoms with Crippen molar-refractivity contribution < 1.29 is 100.0 Å². The summed E-state index contributed by atoms with van der Waals surface area (Å²) in [5.74, 6) is -4.52. The van der Waals surface area contributed by atoms with Gasteiger partial charge in [-0.15, -0.1) is 0 Å². The maximum atomic E-state index is 14.7. The molecule has 78 heavy (non-hydrogen) atoms. The second-order valence-corrected chi connectivity index (χ2v) is 23.2. The van der Waals surface area contributed by atoms with Crippen LogP contribution in [-0.2, 0) is 80.8 Å². The SMILES string of the molecule is CCC1O[C@H](O[C@@H]2C(OC(C)=O)C(O[C@H]3OC(CN)CCC3NC(=O)OC(C)(C)C)[C@H](NC(=O)OC(C)(C)C)C[C@H]2NC(=O)[C@H](CCNC(=O)OC(C)(C)C)OC(C)=O)C(OC(C)=O)[C@@H](NC(=O)OC(C)(C)C)[C@H]1OC(C)=O. The lowest BCUT2D eigenvalue weighted by molar-refractivity contribution is -0.317. The Bertz CT molecular complexity index is 2080. The molecule has 27 heteroatoms. The molecule has 0 aromatic carbocycles. The van der Waals surface area contributed by atoms with Gasteiger partial charge in [-0.2, -0.15) is 0 Å². The number of rotatable bonds is 18. The van der Waals surface area contributed by atoms with Crippen LogP contribution in [-0.4, -0.2) is 175 Å². The third-order valence-corrected chi connectivity index (χ3v) is 11.3. The van der Waals surface area contributed by atoms with Gasteiger partial charge in [0.25, 0.3) is 5.91 Å². The maximum Gasteiger partial charge on any atom is 0.408 e. The van der Waals surface area contributed by atoms with Crippen molar-refractivity contribution in [3.8, 4) is 0 Å². The molecule has 2 aliphatic heterocycles. The van der Waals surface area contributed by atoms with E-state index in [-0.39, 0.29) is 32.4 Å². The van der Waals surface area contributed by atoms with Crippen LogP contribution in [0.4, 0.5) is 19.2 Å². The molecule has 446 valence electrons. The van der Waals surface area contributed by atoms with Crippen molar-refractivity contribution in [1.29, 1.82) is 0 Å². The highest BCUT2D eigenvalue weighted by Gasteiger charge is 2.57. The minimum atomic E-state index is -1.81. The molecule has 1 saturated carbocycles. The van der Waals surface area contributed by atoms with E-state index in [1.165, 1.54) is 0 Å². The Hall–Kier alpha value is -5.77. The molecule has 3 aliphatic rings. The number of hydrogen-bond acceptors (Lipinski definition) is 22. The second-order valence-electron chi connectivity index (χ2n) is 23.2. The molecule has 6 unspecified atom stereocenters. The van der Waals surface area contributed by atoms with Crippen molar-refractivity contribution in [2.75, 3.05) is 13.1 Å². The molecule has 14 atom stereocenters. The molecule has 1 aliphatic carbocycles. The van der Waals surface area contributed by atoms with Crippen LogP contribution in [0, 0.1) is 0 Å². The van der Waals surface area contributed by atoms with Gasteiger partial charge in [-0.1, -0.05) is 6.92 Å². The lowest BCUT2D eigenvalue weighted by Gasteiger charge is -2.51.